The molecule has 7 heteroatoms. The molecular formula is C23H25N3O3S. The topological polar surface area (TPSA) is 94.2 Å². The van der Waals surface area contributed by atoms with Crippen molar-refractivity contribution in [1.82, 2.24) is 4.57 Å². The summed E-state index contributed by atoms with van der Waals surface area (Å²) in [6.07, 6.45) is 4.23. The molecule has 2 amide bonds. The lowest BCUT2D eigenvalue weighted by Crippen LogP contribution is -2.33. The molecule has 1 aliphatic rings. The van der Waals surface area contributed by atoms with Crippen molar-refractivity contribution in [2.24, 2.45) is 5.73 Å². The molecule has 0 saturated carbocycles. The van der Waals surface area contributed by atoms with Crippen molar-refractivity contribution in [3.05, 3.63) is 62.3 Å². The Labute approximate surface area is 178 Å². The van der Waals surface area contributed by atoms with E-state index in [1.165, 1.54) is 11.3 Å². The second-order valence-corrected chi connectivity index (χ2v) is 8.85. The lowest BCUT2D eigenvalue weighted by Gasteiger charge is -2.21. The van der Waals surface area contributed by atoms with Gasteiger partial charge in [-0.05, 0) is 56.2 Å². The minimum Gasteiger partial charge on any atom is -0.365 e. The second-order valence-electron chi connectivity index (χ2n) is 7.75. The predicted octanol–water partition coefficient (Wildman–Crippen LogP) is 3.94. The van der Waals surface area contributed by atoms with Crippen LogP contribution in [-0.4, -0.2) is 16.4 Å². The molecule has 0 radical (unpaired) electrons. The maximum absolute atomic E-state index is 13.3. The monoisotopic (exact) mass is 423 g/mol. The lowest BCUT2D eigenvalue weighted by molar-refractivity contribution is -0.119. The van der Waals surface area contributed by atoms with Crippen LogP contribution in [0.3, 0.4) is 0 Å². The summed E-state index contributed by atoms with van der Waals surface area (Å²) in [4.78, 5) is 39.4. The van der Waals surface area contributed by atoms with Crippen LogP contribution in [0.4, 0.5) is 5.00 Å². The van der Waals surface area contributed by atoms with Crippen LogP contribution in [0, 0.1) is 6.92 Å². The van der Waals surface area contributed by atoms with E-state index >= 15 is 0 Å². The lowest BCUT2D eigenvalue weighted by atomic mass is 9.95. The Kier molecular flexibility index (Phi) is 5.47. The zero-order chi connectivity index (χ0) is 21.4. The molecule has 0 saturated heterocycles. The highest BCUT2D eigenvalue weighted by molar-refractivity contribution is 7.17. The largest absolute Gasteiger partial charge is 0.365 e. The number of thiophene rings is 1. The highest BCUT2D eigenvalue weighted by Gasteiger charge is 2.28. The Morgan fingerprint density at radius 3 is 2.70 bits per heavy atom. The van der Waals surface area contributed by atoms with Crippen LogP contribution in [0.5, 0.6) is 0 Å². The summed E-state index contributed by atoms with van der Waals surface area (Å²) in [6, 6.07) is 8.46. The quantitative estimate of drug-likeness (QED) is 0.651. The van der Waals surface area contributed by atoms with Gasteiger partial charge in [0.15, 0.2) is 0 Å². The number of carbonyl (C=O) groups is 2. The van der Waals surface area contributed by atoms with E-state index in [0.717, 1.165) is 52.6 Å². The SMILES string of the molecule is CCC(C(=O)Nc1sc2c(c1C(N)=O)CCCC2)n1c(=O)cc(C)c2ccccc21. The molecule has 4 rings (SSSR count). The Morgan fingerprint density at radius 2 is 1.97 bits per heavy atom. The first-order chi connectivity index (χ1) is 14.4. The number of anilines is 1. The number of rotatable bonds is 5. The fraction of sp³-hybridized carbons (Fsp3) is 0.348. The molecule has 1 atom stereocenters. The van der Waals surface area contributed by atoms with Crippen LogP contribution >= 0.6 is 11.3 Å². The Morgan fingerprint density at radius 1 is 1.23 bits per heavy atom. The van der Waals surface area contributed by atoms with Gasteiger partial charge in [-0.15, -0.1) is 11.3 Å². The smallest absolute Gasteiger partial charge is 0.252 e. The third-order valence-corrected chi connectivity index (χ3v) is 7.03. The summed E-state index contributed by atoms with van der Waals surface area (Å²) >= 11 is 1.43. The van der Waals surface area contributed by atoms with Crippen molar-refractivity contribution in [1.29, 1.82) is 0 Å². The number of para-hydroxylation sites is 1. The van der Waals surface area contributed by atoms with Gasteiger partial charge in [-0.2, -0.15) is 0 Å². The predicted molar refractivity (Wildman–Crippen MR) is 120 cm³/mol. The highest BCUT2D eigenvalue weighted by Crippen LogP contribution is 2.38. The van der Waals surface area contributed by atoms with Gasteiger partial charge in [0.2, 0.25) is 5.91 Å². The van der Waals surface area contributed by atoms with E-state index < -0.39 is 11.9 Å². The zero-order valence-electron chi connectivity index (χ0n) is 17.2. The van der Waals surface area contributed by atoms with Crippen molar-refractivity contribution in [3.8, 4) is 0 Å². The van der Waals surface area contributed by atoms with Crippen LogP contribution in [-0.2, 0) is 17.6 Å². The Bertz CT molecular complexity index is 1210. The van der Waals surface area contributed by atoms with Gasteiger partial charge in [0.1, 0.15) is 11.0 Å². The summed E-state index contributed by atoms with van der Waals surface area (Å²) in [5.41, 5.74) is 8.45. The van der Waals surface area contributed by atoms with Gasteiger partial charge < -0.3 is 11.1 Å². The van der Waals surface area contributed by atoms with E-state index in [1.807, 2.05) is 38.1 Å². The van der Waals surface area contributed by atoms with Crippen LogP contribution in [0.2, 0.25) is 0 Å². The molecule has 1 aromatic carbocycles. The maximum Gasteiger partial charge on any atom is 0.252 e. The molecule has 6 nitrogen and oxygen atoms in total. The fourth-order valence-electron chi connectivity index (χ4n) is 4.38. The number of hydrogen-bond donors (Lipinski definition) is 2. The molecule has 1 aliphatic carbocycles. The van der Waals surface area contributed by atoms with E-state index in [1.54, 1.807) is 10.6 Å². The molecule has 3 N–H and O–H groups in total. The molecule has 2 aromatic heterocycles. The molecule has 2 heterocycles. The van der Waals surface area contributed by atoms with Crippen LogP contribution in [0.1, 0.15) is 58.6 Å². The first-order valence-electron chi connectivity index (χ1n) is 10.3. The van der Waals surface area contributed by atoms with Crippen LogP contribution in [0.25, 0.3) is 10.9 Å². The van der Waals surface area contributed by atoms with Gasteiger partial charge in [0.25, 0.3) is 11.5 Å². The number of nitrogens with two attached hydrogens (primary N) is 1. The number of carbonyl (C=O) groups excluding carboxylic acids is 2. The summed E-state index contributed by atoms with van der Waals surface area (Å²) in [7, 11) is 0. The molecule has 30 heavy (non-hydrogen) atoms. The number of aryl methyl sites for hydroxylation is 2. The van der Waals surface area contributed by atoms with E-state index in [4.69, 9.17) is 5.73 Å². The normalized spacial score (nSPS) is 14.3. The molecule has 0 bridgehead atoms. The van der Waals surface area contributed by atoms with Gasteiger partial charge in [-0.25, -0.2) is 0 Å². The molecule has 0 fully saturated rings. The average molecular weight is 424 g/mol. The van der Waals surface area contributed by atoms with Crippen LogP contribution < -0.4 is 16.6 Å². The first-order valence-corrected chi connectivity index (χ1v) is 11.1. The number of amides is 2. The number of aromatic nitrogens is 1. The molecule has 0 aliphatic heterocycles. The van der Waals surface area contributed by atoms with Gasteiger partial charge in [-0.1, -0.05) is 25.1 Å². The number of benzene rings is 1. The van der Waals surface area contributed by atoms with Crippen molar-refractivity contribution in [3.63, 3.8) is 0 Å². The summed E-state index contributed by atoms with van der Waals surface area (Å²) in [5, 5.41) is 4.36. The zero-order valence-corrected chi connectivity index (χ0v) is 18.0. The third-order valence-electron chi connectivity index (χ3n) is 5.82. The van der Waals surface area contributed by atoms with E-state index in [2.05, 4.69) is 5.32 Å². The standard InChI is InChI=1S/C23H25N3O3S/c1-3-16(26-17-10-6-4-8-14(17)13(2)12-19(26)27)22(29)25-23-20(21(24)28)15-9-5-7-11-18(15)30-23/h4,6,8,10,12,16H,3,5,7,9,11H2,1-2H3,(H2,24,28)(H,25,29). The van der Waals surface area contributed by atoms with Crippen molar-refractivity contribution >= 4 is 39.1 Å². The molecule has 3 aromatic rings. The van der Waals surface area contributed by atoms with Crippen LogP contribution in [0.15, 0.2) is 35.1 Å². The number of nitrogens with one attached hydrogen (secondary N) is 1. The highest BCUT2D eigenvalue weighted by atomic mass is 32.1. The number of nitrogens with zero attached hydrogens (tertiary/aromatic N) is 1. The number of pyridine rings is 1. The Hall–Kier alpha value is -2.93. The minimum absolute atomic E-state index is 0.214. The van der Waals surface area contributed by atoms with Crippen molar-refractivity contribution in [2.75, 3.05) is 5.32 Å². The number of hydrogen-bond acceptors (Lipinski definition) is 4. The van der Waals surface area contributed by atoms with Crippen molar-refractivity contribution in [2.45, 2.75) is 52.0 Å². The second kappa shape index (κ2) is 8.07. The minimum atomic E-state index is -0.692. The molecule has 0 spiro atoms. The number of fused-ring (bicyclic) bond motifs is 2. The van der Waals surface area contributed by atoms with E-state index in [-0.39, 0.29) is 11.5 Å². The van der Waals surface area contributed by atoms with Crippen molar-refractivity contribution < 1.29 is 9.59 Å². The molecule has 156 valence electrons. The van der Waals surface area contributed by atoms with E-state index in [9.17, 15) is 14.4 Å². The summed E-state index contributed by atoms with van der Waals surface area (Å²) in [6.45, 7) is 3.77. The molecular weight excluding hydrogens is 398 g/mol. The van der Waals surface area contributed by atoms with Gasteiger partial charge in [-0.3, -0.25) is 19.0 Å². The summed E-state index contributed by atoms with van der Waals surface area (Å²) in [5.74, 6) is -0.828. The fourth-order valence-corrected chi connectivity index (χ4v) is 5.68. The van der Waals surface area contributed by atoms with Gasteiger partial charge in [0.05, 0.1) is 11.1 Å². The average Bonchev–Trinajstić information content (AvgIpc) is 3.08. The summed E-state index contributed by atoms with van der Waals surface area (Å²) < 4.78 is 1.55. The van der Waals surface area contributed by atoms with Gasteiger partial charge >= 0.3 is 0 Å². The van der Waals surface area contributed by atoms with Gasteiger partial charge in [0, 0.05) is 16.3 Å². The molecule has 1 unspecified atom stereocenters. The maximum atomic E-state index is 13.3. The Balaban J connectivity index is 1.76. The number of primary amides is 1. The first kappa shape index (κ1) is 20.3. The third kappa shape index (κ3) is 3.43. The van der Waals surface area contributed by atoms with E-state index in [0.29, 0.717) is 17.0 Å².